The van der Waals surface area contributed by atoms with Crippen LogP contribution in [-0.4, -0.2) is 17.9 Å². The Morgan fingerprint density at radius 2 is 1.96 bits per heavy atom. The molecule has 0 aromatic carbocycles. The van der Waals surface area contributed by atoms with Gasteiger partial charge in [-0.3, -0.25) is 9.59 Å². The first-order chi connectivity index (χ1) is 11.0. The Labute approximate surface area is 140 Å². The van der Waals surface area contributed by atoms with Gasteiger partial charge in [0.25, 0.3) is 5.91 Å². The Morgan fingerprint density at radius 3 is 2.52 bits per heavy atom. The average Bonchev–Trinajstić information content (AvgIpc) is 3.19. The number of amides is 2. The molecule has 124 valence electrons. The van der Waals surface area contributed by atoms with E-state index >= 15 is 0 Å². The second-order valence-corrected chi connectivity index (χ2v) is 6.86. The van der Waals surface area contributed by atoms with Crippen molar-refractivity contribution in [2.45, 2.75) is 39.3 Å². The summed E-state index contributed by atoms with van der Waals surface area (Å²) in [4.78, 5) is 25.4. The van der Waals surface area contributed by atoms with E-state index in [2.05, 4.69) is 24.5 Å². The molecule has 2 unspecified atom stereocenters. The second-order valence-electron chi connectivity index (χ2n) is 5.88. The number of thiophene rings is 1. The van der Waals surface area contributed by atoms with Crippen LogP contribution in [-0.2, 0) is 4.79 Å². The van der Waals surface area contributed by atoms with Gasteiger partial charge in [-0.2, -0.15) is 0 Å². The standard InChI is InChI=1S/C17H22N2O3S/c1-11(2)10-13(15-7-5-9-23-15)19-16(20)12(3)18-17(21)14-6-4-8-22-14/h4-9,11-13H,10H2,1-3H3,(H,18,21)(H,19,20). The fourth-order valence-electron chi connectivity index (χ4n) is 2.24. The molecule has 0 bridgehead atoms. The molecule has 6 heteroatoms. The van der Waals surface area contributed by atoms with Crippen molar-refractivity contribution < 1.29 is 14.0 Å². The minimum Gasteiger partial charge on any atom is -0.459 e. The molecule has 0 aliphatic carbocycles. The zero-order chi connectivity index (χ0) is 16.8. The summed E-state index contributed by atoms with van der Waals surface area (Å²) in [6.07, 6.45) is 2.28. The molecule has 0 radical (unpaired) electrons. The van der Waals surface area contributed by atoms with Gasteiger partial charge in [0.15, 0.2) is 5.76 Å². The first-order valence-electron chi connectivity index (χ1n) is 7.65. The highest BCUT2D eigenvalue weighted by Gasteiger charge is 2.22. The van der Waals surface area contributed by atoms with E-state index in [0.29, 0.717) is 5.92 Å². The van der Waals surface area contributed by atoms with Gasteiger partial charge in [-0.05, 0) is 42.8 Å². The molecule has 2 aromatic rings. The number of hydrogen-bond acceptors (Lipinski definition) is 4. The Hall–Kier alpha value is -2.08. The van der Waals surface area contributed by atoms with E-state index in [4.69, 9.17) is 4.42 Å². The molecule has 2 N–H and O–H groups in total. The van der Waals surface area contributed by atoms with Crippen LogP contribution in [0.3, 0.4) is 0 Å². The average molecular weight is 334 g/mol. The number of carbonyl (C=O) groups excluding carboxylic acids is 2. The molecule has 0 fully saturated rings. The zero-order valence-electron chi connectivity index (χ0n) is 13.5. The largest absolute Gasteiger partial charge is 0.459 e. The summed E-state index contributed by atoms with van der Waals surface area (Å²) in [7, 11) is 0. The molecule has 0 spiro atoms. The van der Waals surface area contributed by atoms with Crippen LogP contribution < -0.4 is 10.6 Å². The number of hydrogen-bond donors (Lipinski definition) is 2. The highest BCUT2D eigenvalue weighted by atomic mass is 32.1. The molecular formula is C17H22N2O3S. The van der Waals surface area contributed by atoms with E-state index in [1.54, 1.807) is 30.4 Å². The zero-order valence-corrected chi connectivity index (χ0v) is 14.4. The van der Waals surface area contributed by atoms with Crippen LogP contribution in [0.25, 0.3) is 0 Å². The van der Waals surface area contributed by atoms with Crippen molar-refractivity contribution in [1.29, 1.82) is 0 Å². The van der Waals surface area contributed by atoms with Gasteiger partial charge < -0.3 is 15.1 Å². The molecule has 2 amide bonds. The normalized spacial score (nSPS) is 13.6. The fourth-order valence-corrected chi connectivity index (χ4v) is 3.04. The minimum absolute atomic E-state index is 0.0366. The van der Waals surface area contributed by atoms with Crippen LogP contribution in [0.5, 0.6) is 0 Å². The first kappa shape index (κ1) is 17.3. The predicted octanol–water partition coefficient (Wildman–Crippen LogP) is 3.36. The fraction of sp³-hybridized carbons (Fsp3) is 0.412. The van der Waals surface area contributed by atoms with Crippen molar-refractivity contribution in [1.82, 2.24) is 10.6 Å². The molecule has 0 aliphatic rings. The molecule has 0 aliphatic heterocycles. The summed E-state index contributed by atoms with van der Waals surface area (Å²) in [5.74, 6) is 0.0511. The van der Waals surface area contributed by atoms with Gasteiger partial charge >= 0.3 is 0 Å². The Morgan fingerprint density at radius 1 is 1.17 bits per heavy atom. The van der Waals surface area contributed by atoms with Crippen LogP contribution in [0.4, 0.5) is 0 Å². The van der Waals surface area contributed by atoms with Crippen LogP contribution >= 0.6 is 11.3 Å². The van der Waals surface area contributed by atoms with Gasteiger partial charge in [-0.15, -0.1) is 11.3 Å². The molecule has 2 aromatic heterocycles. The molecule has 2 rings (SSSR count). The third-order valence-electron chi connectivity index (χ3n) is 3.40. The van der Waals surface area contributed by atoms with Crippen LogP contribution in [0.2, 0.25) is 0 Å². The summed E-state index contributed by atoms with van der Waals surface area (Å²) < 4.78 is 5.03. The lowest BCUT2D eigenvalue weighted by Gasteiger charge is -2.22. The van der Waals surface area contributed by atoms with Crippen molar-refractivity contribution in [3.63, 3.8) is 0 Å². The predicted molar refractivity (Wildman–Crippen MR) is 90.3 cm³/mol. The van der Waals surface area contributed by atoms with Crippen molar-refractivity contribution in [3.8, 4) is 0 Å². The van der Waals surface area contributed by atoms with E-state index in [9.17, 15) is 9.59 Å². The Balaban J connectivity index is 1.96. The van der Waals surface area contributed by atoms with Crippen molar-refractivity contribution >= 4 is 23.2 Å². The van der Waals surface area contributed by atoms with Crippen LogP contribution in [0.15, 0.2) is 40.3 Å². The molecule has 0 saturated heterocycles. The summed E-state index contributed by atoms with van der Waals surface area (Å²) >= 11 is 1.62. The smallest absolute Gasteiger partial charge is 0.287 e. The molecule has 5 nitrogen and oxygen atoms in total. The molecule has 2 heterocycles. The van der Waals surface area contributed by atoms with Crippen molar-refractivity contribution in [3.05, 3.63) is 46.5 Å². The third-order valence-corrected chi connectivity index (χ3v) is 4.38. The van der Waals surface area contributed by atoms with Crippen LogP contribution in [0.1, 0.15) is 48.7 Å². The van der Waals surface area contributed by atoms with Crippen molar-refractivity contribution in [2.75, 3.05) is 0 Å². The molecule has 2 atom stereocenters. The van der Waals surface area contributed by atoms with E-state index < -0.39 is 11.9 Å². The maximum Gasteiger partial charge on any atom is 0.287 e. The van der Waals surface area contributed by atoms with Gasteiger partial charge in [0.2, 0.25) is 5.91 Å². The van der Waals surface area contributed by atoms with E-state index in [1.165, 1.54) is 6.26 Å². The maximum absolute atomic E-state index is 12.4. The summed E-state index contributed by atoms with van der Waals surface area (Å²) in [6.45, 7) is 5.90. The van der Waals surface area contributed by atoms with Gasteiger partial charge in [0.05, 0.1) is 12.3 Å². The summed E-state index contributed by atoms with van der Waals surface area (Å²) in [5.41, 5.74) is 0. The van der Waals surface area contributed by atoms with Gasteiger partial charge in [0, 0.05) is 4.88 Å². The lowest BCUT2D eigenvalue weighted by Crippen LogP contribution is -2.45. The monoisotopic (exact) mass is 334 g/mol. The lowest BCUT2D eigenvalue weighted by atomic mass is 10.0. The van der Waals surface area contributed by atoms with E-state index in [-0.39, 0.29) is 17.7 Å². The second kappa shape index (κ2) is 7.97. The maximum atomic E-state index is 12.4. The Bertz CT molecular complexity index is 620. The van der Waals surface area contributed by atoms with Gasteiger partial charge in [-0.25, -0.2) is 0 Å². The van der Waals surface area contributed by atoms with Gasteiger partial charge in [-0.1, -0.05) is 19.9 Å². The van der Waals surface area contributed by atoms with E-state index in [1.807, 2.05) is 17.5 Å². The number of carbonyl (C=O) groups is 2. The molecular weight excluding hydrogens is 312 g/mol. The Kier molecular flexibility index (Phi) is 5.98. The highest BCUT2D eigenvalue weighted by Crippen LogP contribution is 2.25. The third kappa shape index (κ3) is 4.96. The molecule has 0 saturated carbocycles. The topological polar surface area (TPSA) is 71.3 Å². The van der Waals surface area contributed by atoms with E-state index in [0.717, 1.165) is 11.3 Å². The lowest BCUT2D eigenvalue weighted by molar-refractivity contribution is -0.123. The van der Waals surface area contributed by atoms with Crippen LogP contribution in [0, 0.1) is 5.92 Å². The number of rotatable bonds is 7. The summed E-state index contributed by atoms with van der Waals surface area (Å²) in [6, 6.07) is 6.52. The molecule has 23 heavy (non-hydrogen) atoms. The number of furan rings is 1. The van der Waals surface area contributed by atoms with Crippen molar-refractivity contribution in [2.24, 2.45) is 5.92 Å². The first-order valence-corrected chi connectivity index (χ1v) is 8.53. The minimum atomic E-state index is -0.637. The van der Waals surface area contributed by atoms with Gasteiger partial charge in [0.1, 0.15) is 6.04 Å². The number of nitrogens with one attached hydrogen (secondary N) is 2. The quantitative estimate of drug-likeness (QED) is 0.815. The summed E-state index contributed by atoms with van der Waals surface area (Å²) in [5, 5.41) is 7.67. The highest BCUT2D eigenvalue weighted by molar-refractivity contribution is 7.10. The SMILES string of the molecule is CC(C)CC(NC(=O)C(C)NC(=O)c1ccco1)c1cccs1.